The van der Waals surface area contributed by atoms with Crippen molar-refractivity contribution < 1.29 is 23.9 Å². The molecular formula is C23H22N2O5. The maximum Gasteiger partial charge on any atom is 0.261 e. The Morgan fingerprint density at radius 1 is 0.967 bits per heavy atom. The Kier molecular flexibility index (Phi) is 4.46. The van der Waals surface area contributed by atoms with Crippen molar-refractivity contribution >= 4 is 23.4 Å². The van der Waals surface area contributed by atoms with E-state index in [1.807, 2.05) is 6.07 Å². The largest absolute Gasteiger partial charge is 0.448 e. The van der Waals surface area contributed by atoms with Crippen LogP contribution >= 0.6 is 0 Å². The number of amides is 3. The predicted octanol–water partition coefficient (Wildman–Crippen LogP) is 3.74. The van der Waals surface area contributed by atoms with Crippen molar-refractivity contribution in [3.05, 3.63) is 53.6 Å². The summed E-state index contributed by atoms with van der Waals surface area (Å²) in [5.74, 6) is 0.0553. The van der Waals surface area contributed by atoms with Crippen LogP contribution in [-0.4, -0.2) is 35.0 Å². The van der Waals surface area contributed by atoms with E-state index in [9.17, 15) is 14.4 Å². The van der Waals surface area contributed by atoms with E-state index < -0.39 is 5.79 Å². The topological polar surface area (TPSA) is 84.9 Å². The van der Waals surface area contributed by atoms with Crippen molar-refractivity contribution in [3.63, 3.8) is 0 Å². The van der Waals surface area contributed by atoms with Gasteiger partial charge in [0.25, 0.3) is 17.6 Å². The first kappa shape index (κ1) is 18.7. The Hall–Kier alpha value is -3.35. The molecule has 2 aromatic carbocycles. The minimum atomic E-state index is -0.530. The van der Waals surface area contributed by atoms with Crippen LogP contribution in [0.25, 0.3) is 0 Å². The Morgan fingerprint density at radius 2 is 1.63 bits per heavy atom. The molecule has 30 heavy (non-hydrogen) atoms. The first-order valence-corrected chi connectivity index (χ1v) is 10.3. The molecule has 0 unspecified atom stereocenters. The molecule has 7 nitrogen and oxygen atoms in total. The van der Waals surface area contributed by atoms with Crippen LogP contribution in [0.4, 0.5) is 5.69 Å². The predicted molar refractivity (Wildman–Crippen MR) is 109 cm³/mol. The van der Waals surface area contributed by atoms with Gasteiger partial charge in [0.2, 0.25) is 5.91 Å². The summed E-state index contributed by atoms with van der Waals surface area (Å²) in [6.45, 7) is 0.212. The standard InChI is InChI=1S/C23H22N2O5/c26-20(8-5-13-25-21(27)16-6-1-2-7-17(16)22(25)28)24-15-9-10-18-19(14-15)30-23(29-18)11-3-4-12-23/h1-2,6-7,9-10,14H,3-5,8,11-13H2,(H,24,26). The molecule has 3 amide bonds. The number of ether oxygens (including phenoxy) is 2. The van der Waals surface area contributed by atoms with Gasteiger partial charge in [0.05, 0.1) is 11.1 Å². The molecule has 3 aliphatic rings. The van der Waals surface area contributed by atoms with Gasteiger partial charge in [-0.2, -0.15) is 0 Å². The number of carbonyl (C=O) groups excluding carboxylic acids is 3. The highest BCUT2D eigenvalue weighted by molar-refractivity contribution is 6.21. The molecule has 5 rings (SSSR count). The lowest BCUT2D eigenvalue weighted by Gasteiger charge is -2.21. The maximum absolute atomic E-state index is 12.4. The summed E-state index contributed by atoms with van der Waals surface area (Å²) in [7, 11) is 0. The fourth-order valence-electron chi connectivity index (χ4n) is 4.35. The van der Waals surface area contributed by atoms with Crippen LogP contribution in [-0.2, 0) is 4.79 Å². The Morgan fingerprint density at radius 3 is 2.33 bits per heavy atom. The number of nitrogens with zero attached hydrogens (tertiary/aromatic N) is 1. The van der Waals surface area contributed by atoms with E-state index in [1.165, 1.54) is 4.90 Å². The number of hydrogen-bond donors (Lipinski definition) is 1. The van der Waals surface area contributed by atoms with Gasteiger partial charge in [-0.25, -0.2) is 0 Å². The van der Waals surface area contributed by atoms with E-state index in [0.717, 1.165) is 25.7 Å². The first-order valence-electron chi connectivity index (χ1n) is 10.3. The van der Waals surface area contributed by atoms with Crippen molar-refractivity contribution in [2.75, 3.05) is 11.9 Å². The van der Waals surface area contributed by atoms with E-state index in [4.69, 9.17) is 9.47 Å². The Bertz CT molecular complexity index is 1010. The van der Waals surface area contributed by atoms with Crippen molar-refractivity contribution in [1.29, 1.82) is 0 Å². The van der Waals surface area contributed by atoms with Crippen LogP contribution in [0.2, 0.25) is 0 Å². The lowest BCUT2D eigenvalue weighted by atomic mass is 10.1. The molecule has 2 aliphatic heterocycles. The van der Waals surface area contributed by atoms with Gasteiger partial charge < -0.3 is 14.8 Å². The molecule has 0 atom stereocenters. The van der Waals surface area contributed by atoms with Gasteiger partial charge in [0.15, 0.2) is 11.5 Å². The Labute approximate surface area is 174 Å². The lowest BCUT2D eigenvalue weighted by Crippen LogP contribution is -2.34. The number of nitrogens with one attached hydrogen (secondary N) is 1. The quantitative estimate of drug-likeness (QED) is 0.765. The molecule has 1 fully saturated rings. The number of anilines is 1. The average Bonchev–Trinajstić information content (AvgIpc) is 3.41. The van der Waals surface area contributed by atoms with E-state index in [2.05, 4.69) is 5.32 Å². The van der Waals surface area contributed by atoms with Crippen molar-refractivity contribution in [3.8, 4) is 11.5 Å². The second-order valence-electron chi connectivity index (χ2n) is 7.94. The summed E-state index contributed by atoms with van der Waals surface area (Å²) in [4.78, 5) is 38.3. The van der Waals surface area contributed by atoms with Gasteiger partial charge in [-0.05, 0) is 43.5 Å². The SMILES string of the molecule is O=C(CCCN1C(=O)c2ccccc2C1=O)Nc1ccc2c(c1)OC1(CCCC1)O2. The van der Waals surface area contributed by atoms with E-state index in [0.29, 0.717) is 34.7 Å². The van der Waals surface area contributed by atoms with Gasteiger partial charge in [-0.3, -0.25) is 19.3 Å². The summed E-state index contributed by atoms with van der Waals surface area (Å²) in [5, 5.41) is 2.85. The zero-order valence-corrected chi connectivity index (χ0v) is 16.5. The molecule has 0 aromatic heterocycles. The normalized spacial score (nSPS) is 18.2. The third-order valence-corrected chi connectivity index (χ3v) is 5.85. The molecule has 0 saturated heterocycles. The molecule has 1 saturated carbocycles. The molecule has 0 bridgehead atoms. The average molecular weight is 406 g/mol. The van der Waals surface area contributed by atoms with Crippen LogP contribution in [0.3, 0.4) is 0 Å². The van der Waals surface area contributed by atoms with Crippen molar-refractivity contribution in [2.45, 2.75) is 44.3 Å². The summed E-state index contributed by atoms with van der Waals surface area (Å²) < 4.78 is 12.0. The fraction of sp³-hybridized carbons (Fsp3) is 0.348. The second-order valence-corrected chi connectivity index (χ2v) is 7.94. The smallest absolute Gasteiger partial charge is 0.261 e. The molecule has 1 spiro atoms. The van der Waals surface area contributed by atoms with E-state index in [-0.39, 0.29) is 30.7 Å². The summed E-state index contributed by atoms with van der Waals surface area (Å²) >= 11 is 0. The van der Waals surface area contributed by atoms with Gasteiger partial charge in [0.1, 0.15) is 0 Å². The van der Waals surface area contributed by atoms with E-state index in [1.54, 1.807) is 36.4 Å². The van der Waals surface area contributed by atoms with Gasteiger partial charge in [-0.15, -0.1) is 0 Å². The zero-order chi connectivity index (χ0) is 20.7. The lowest BCUT2D eigenvalue weighted by molar-refractivity contribution is -0.116. The van der Waals surface area contributed by atoms with Crippen LogP contribution in [0.15, 0.2) is 42.5 Å². The zero-order valence-electron chi connectivity index (χ0n) is 16.5. The monoisotopic (exact) mass is 406 g/mol. The van der Waals surface area contributed by atoms with Crippen LogP contribution < -0.4 is 14.8 Å². The molecule has 1 aliphatic carbocycles. The minimum absolute atomic E-state index is 0.180. The second kappa shape index (κ2) is 7.16. The summed E-state index contributed by atoms with van der Waals surface area (Å²) in [6.07, 6.45) is 4.52. The minimum Gasteiger partial charge on any atom is -0.448 e. The Balaban J connectivity index is 1.15. The molecular weight excluding hydrogens is 384 g/mol. The number of rotatable bonds is 5. The third-order valence-electron chi connectivity index (χ3n) is 5.85. The molecule has 2 aromatic rings. The molecule has 154 valence electrons. The number of benzene rings is 2. The number of hydrogen-bond acceptors (Lipinski definition) is 5. The maximum atomic E-state index is 12.4. The molecule has 7 heteroatoms. The number of fused-ring (bicyclic) bond motifs is 2. The molecule has 0 radical (unpaired) electrons. The van der Waals surface area contributed by atoms with Crippen LogP contribution in [0.1, 0.15) is 59.2 Å². The highest BCUT2D eigenvalue weighted by Gasteiger charge is 2.44. The number of imide groups is 1. The molecule has 2 heterocycles. The highest BCUT2D eigenvalue weighted by atomic mass is 16.7. The van der Waals surface area contributed by atoms with Crippen LogP contribution in [0, 0.1) is 0 Å². The van der Waals surface area contributed by atoms with Gasteiger partial charge in [-0.1, -0.05) is 12.1 Å². The van der Waals surface area contributed by atoms with E-state index >= 15 is 0 Å². The first-order chi connectivity index (χ1) is 14.5. The number of carbonyl (C=O) groups is 3. The van der Waals surface area contributed by atoms with Crippen LogP contribution in [0.5, 0.6) is 11.5 Å². The summed E-state index contributed by atoms with van der Waals surface area (Å²) in [5.41, 5.74) is 1.48. The van der Waals surface area contributed by atoms with Gasteiger partial charge in [0, 0.05) is 37.6 Å². The third kappa shape index (κ3) is 3.20. The van der Waals surface area contributed by atoms with Crippen molar-refractivity contribution in [1.82, 2.24) is 4.90 Å². The molecule has 1 N–H and O–H groups in total. The summed E-state index contributed by atoms with van der Waals surface area (Å²) in [6, 6.07) is 12.2. The van der Waals surface area contributed by atoms with Gasteiger partial charge >= 0.3 is 0 Å². The van der Waals surface area contributed by atoms with Crippen molar-refractivity contribution in [2.24, 2.45) is 0 Å². The fourth-order valence-corrected chi connectivity index (χ4v) is 4.35. The highest BCUT2D eigenvalue weighted by Crippen LogP contribution is 2.47.